The zero-order valence-corrected chi connectivity index (χ0v) is 6.14. The maximum absolute atomic E-state index is 1.98. The first kappa shape index (κ1) is 4.58. The molecule has 6 rings (SSSR count). The van der Waals surface area contributed by atoms with Crippen molar-refractivity contribution in [2.24, 2.45) is 23.7 Å². The summed E-state index contributed by atoms with van der Waals surface area (Å²) < 4.78 is 0. The van der Waals surface area contributed by atoms with Crippen LogP contribution in [0.3, 0.4) is 0 Å². The van der Waals surface area contributed by atoms with E-state index in [0.29, 0.717) is 0 Å². The average Bonchev–Trinajstić information content (AvgIpc) is 2.04. The van der Waals surface area contributed by atoms with Gasteiger partial charge in [-0.15, -0.1) is 0 Å². The topological polar surface area (TPSA) is 0 Å². The highest BCUT2D eigenvalue weighted by Crippen LogP contribution is 2.69. The minimum Gasteiger partial charge on any atom is -0.0698 e. The first-order valence-corrected chi connectivity index (χ1v) is 4.65. The third-order valence-electron chi connectivity index (χ3n) is 4.41. The predicted molar refractivity (Wildman–Crippen MR) is 39.5 cm³/mol. The molecule has 0 aromatic rings. The molecule has 6 aliphatic carbocycles. The van der Waals surface area contributed by atoms with E-state index in [0.717, 1.165) is 17.8 Å². The largest absolute Gasteiger partial charge is 0.0698 e. The third kappa shape index (κ3) is 0.275. The molecule has 1 unspecified atom stereocenters. The summed E-state index contributed by atoms with van der Waals surface area (Å²) in [6.45, 7) is 0. The van der Waals surface area contributed by atoms with E-state index in [2.05, 4.69) is 0 Å². The third-order valence-corrected chi connectivity index (χ3v) is 4.41. The summed E-state index contributed by atoms with van der Waals surface area (Å²) in [6, 6.07) is 0. The van der Waals surface area contributed by atoms with Gasteiger partial charge in [-0.05, 0) is 49.4 Å². The average molecular weight is 132 g/mol. The van der Waals surface area contributed by atoms with Crippen LogP contribution in [0, 0.1) is 23.7 Å². The normalized spacial score (nSPS) is 60.0. The van der Waals surface area contributed by atoms with Gasteiger partial charge in [0.15, 0.2) is 0 Å². The molecule has 0 amide bonds. The summed E-state index contributed by atoms with van der Waals surface area (Å²) in [5, 5.41) is 0. The van der Waals surface area contributed by atoms with E-state index in [9.17, 15) is 0 Å². The number of rotatable bonds is 0. The molecule has 1 atom stereocenters. The van der Waals surface area contributed by atoms with E-state index < -0.39 is 0 Å². The molecule has 0 aliphatic heterocycles. The molecule has 0 radical (unpaired) electrons. The van der Waals surface area contributed by atoms with Gasteiger partial charge in [-0.25, -0.2) is 0 Å². The predicted octanol–water partition coefficient (Wildman–Crippen LogP) is 2.36. The van der Waals surface area contributed by atoms with Crippen LogP contribution < -0.4 is 0 Å². The smallest absolute Gasteiger partial charge is 0.0135 e. The van der Waals surface area contributed by atoms with Crippen LogP contribution in [0.2, 0.25) is 0 Å². The van der Waals surface area contributed by atoms with Gasteiger partial charge >= 0.3 is 0 Å². The van der Waals surface area contributed by atoms with E-state index >= 15 is 0 Å². The van der Waals surface area contributed by atoms with Crippen LogP contribution in [0.4, 0.5) is 0 Å². The minimum atomic E-state index is 1.11. The second kappa shape index (κ2) is 1.11. The summed E-state index contributed by atoms with van der Waals surface area (Å²) >= 11 is 0. The Bertz CT molecular complexity index is 235. The molecule has 0 heteroatoms. The van der Waals surface area contributed by atoms with Crippen LogP contribution in [0.25, 0.3) is 0 Å². The van der Waals surface area contributed by atoms with Crippen molar-refractivity contribution >= 4 is 0 Å². The summed E-state index contributed by atoms with van der Waals surface area (Å²) in [4.78, 5) is 0. The number of hydrogen-bond donors (Lipinski definition) is 0. The SMILES string of the molecule is C1C2=C3C4CC(C4)C3C1C2. The van der Waals surface area contributed by atoms with E-state index in [-0.39, 0.29) is 0 Å². The Balaban J connectivity index is 2.00. The fourth-order valence-electron chi connectivity index (χ4n) is 3.96. The number of hydrogen-bond acceptors (Lipinski definition) is 0. The van der Waals surface area contributed by atoms with Gasteiger partial charge in [0.05, 0.1) is 0 Å². The van der Waals surface area contributed by atoms with Gasteiger partial charge < -0.3 is 0 Å². The molecule has 0 N–H and O–H groups in total. The number of allylic oxidation sites excluding steroid dienone is 2. The maximum Gasteiger partial charge on any atom is -0.0135 e. The highest BCUT2D eigenvalue weighted by atomic mass is 14.6. The van der Waals surface area contributed by atoms with Crippen LogP contribution in [-0.4, -0.2) is 0 Å². The molecule has 4 bridgehead atoms. The Kier molecular flexibility index (Phi) is 0.508. The first-order valence-electron chi connectivity index (χ1n) is 4.65. The summed E-state index contributed by atoms with van der Waals surface area (Å²) in [7, 11) is 0. The van der Waals surface area contributed by atoms with Gasteiger partial charge in [-0.1, -0.05) is 11.1 Å². The van der Waals surface area contributed by atoms with Crippen molar-refractivity contribution in [1.82, 2.24) is 0 Å². The van der Waals surface area contributed by atoms with Crippen molar-refractivity contribution in [3.63, 3.8) is 0 Å². The van der Waals surface area contributed by atoms with Crippen molar-refractivity contribution in [2.75, 3.05) is 0 Å². The fraction of sp³-hybridized carbons (Fsp3) is 0.800. The van der Waals surface area contributed by atoms with Gasteiger partial charge in [0.1, 0.15) is 0 Å². The van der Waals surface area contributed by atoms with Gasteiger partial charge in [-0.2, -0.15) is 0 Å². The molecule has 52 valence electrons. The van der Waals surface area contributed by atoms with Gasteiger partial charge in [0.2, 0.25) is 0 Å². The summed E-state index contributed by atoms with van der Waals surface area (Å²) in [5.41, 5.74) is 3.88. The Morgan fingerprint density at radius 2 is 1.80 bits per heavy atom. The fourth-order valence-corrected chi connectivity index (χ4v) is 3.96. The second-order valence-electron chi connectivity index (χ2n) is 4.68. The van der Waals surface area contributed by atoms with Crippen molar-refractivity contribution in [2.45, 2.75) is 25.7 Å². The molecule has 0 aromatic heterocycles. The lowest BCUT2D eigenvalue weighted by atomic mass is 9.72. The molecule has 4 saturated carbocycles. The van der Waals surface area contributed by atoms with Gasteiger partial charge in [0, 0.05) is 0 Å². The van der Waals surface area contributed by atoms with Crippen LogP contribution in [0.1, 0.15) is 25.7 Å². The first-order chi connectivity index (χ1) is 4.93. The van der Waals surface area contributed by atoms with E-state index in [1.807, 2.05) is 11.1 Å². The van der Waals surface area contributed by atoms with Gasteiger partial charge in [0.25, 0.3) is 0 Å². The lowest BCUT2D eigenvalue weighted by Gasteiger charge is -2.33. The van der Waals surface area contributed by atoms with E-state index in [1.165, 1.54) is 18.8 Å². The highest BCUT2D eigenvalue weighted by Gasteiger charge is 2.58. The molecule has 0 aromatic carbocycles. The molecule has 0 nitrogen and oxygen atoms in total. The lowest BCUT2D eigenvalue weighted by molar-refractivity contribution is 0.209. The highest BCUT2D eigenvalue weighted by molar-refractivity contribution is 5.42. The molecule has 10 heavy (non-hydrogen) atoms. The van der Waals surface area contributed by atoms with Crippen LogP contribution in [0.5, 0.6) is 0 Å². The Morgan fingerprint density at radius 3 is 2.50 bits per heavy atom. The maximum atomic E-state index is 1.98. The van der Waals surface area contributed by atoms with Gasteiger partial charge in [-0.3, -0.25) is 0 Å². The van der Waals surface area contributed by atoms with E-state index in [4.69, 9.17) is 0 Å². The summed E-state index contributed by atoms with van der Waals surface area (Å²) in [6.07, 6.45) is 6.21. The molecular formula is C10H12. The van der Waals surface area contributed by atoms with Crippen molar-refractivity contribution in [3.05, 3.63) is 11.1 Å². The van der Waals surface area contributed by atoms with Crippen molar-refractivity contribution in [1.29, 1.82) is 0 Å². The summed E-state index contributed by atoms with van der Waals surface area (Å²) in [5.74, 6) is 4.57. The quantitative estimate of drug-likeness (QED) is 0.444. The van der Waals surface area contributed by atoms with Crippen LogP contribution >= 0.6 is 0 Å². The Hall–Kier alpha value is -0.260. The molecule has 0 spiro atoms. The Morgan fingerprint density at radius 1 is 1.00 bits per heavy atom. The molecule has 6 aliphatic rings. The standard InChI is InChI=1S/C10H12/c1-5-2-6(1)10-8-3-7(4-8)9(5)10/h5-7,9H,1-4H2. The Labute approximate surface area is 61.3 Å². The van der Waals surface area contributed by atoms with E-state index in [1.54, 1.807) is 12.8 Å². The van der Waals surface area contributed by atoms with Crippen molar-refractivity contribution < 1.29 is 0 Å². The zero-order chi connectivity index (χ0) is 6.29. The monoisotopic (exact) mass is 132 g/mol. The second-order valence-corrected chi connectivity index (χ2v) is 4.68. The van der Waals surface area contributed by atoms with Crippen molar-refractivity contribution in [3.8, 4) is 0 Å². The molecule has 4 fully saturated rings. The molecular weight excluding hydrogens is 120 g/mol. The minimum absolute atomic E-state index is 1.11. The lowest BCUT2D eigenvalue weighted by Crippen LogP contribution is -2.23. The van der Waals surface area contributed by atoms with Crippen LogP contribution in [-0.2, 0) is 0 Å². The molecule has 0 saturated heterocycles. The van der Waals surface area contributed by atoms with Crippen LogP contribution in [0.15, 0.2) is 11.1 Å². The zero-order valence-electron chi connectivity index (χ0n) is 6.14. The molecule has 0 heterocycles.